The Morgan fingerprint density at radius 1 is 1.30 bits per heavy atom. The van der Waals surface area contributed by atoms with Crippen LogP contribution in [0.15, 0.2) is 12.5 Å². The molecular weight excluding hydrogens is 256 g/mol. The molecule has 1 heterocycles. The van der Waals surface area contributed by atoms with Crippen molar-refractivity contribution in [2.75, 3.05) is 26.2 Å². The number of nitrogens with zero attached hydrogens (tertiary/aromatic N) is 1. The molecule has 114 valence electrons. The number of hydrogen-bond acceptors (Lipinski definition) is 5. The van der Waals surface area contributed by atoms with Crippen molar-refractivity contribution >= 4 is 5.91 Å². The predicted molar refractivity (Wildman–Crippen MR) is 79.1 cm³/mol. The van der Waals surface area contributed by atoms with Gasteiger partial charge in [0.1, 0.15) is 0 Å². The first-order valence-electron chi connectivity index (χ1n) is 7.15. The van der Waals surface area contributed by atoms with Gasteiger partial charge in [-0.2, -0.15) is 0 Å². The third-order valence-electron chi connectivity index (χ3n) is 2.97. The lowest BCUT2D eigenvalue weighted by Crippen LogP contribution is -2.42. The molecule has 0 spiro atoms. The van der Waals surface area contributed by atoms with Gasteiger partial charge in [-0.1, -0.05) is 0 Å². The lowest BCUT2D eigenvalue weighted by molar-refractivity contribution is -0.122. The van der Waals surface area contributed by atoms with E-state index in [1.54, 1.807) is 12.5 Å². The van der Waals surface area contributed by atoms with Gasteiger partial charge in [0.2, 0.25) is 5.91 Å². The molecule has 7 heteroatoms. The van der Waals surface area contributed by atoms with Crippen molar-refractivity contribution in [1.29, 1.82) is 0 Å². The van der Waals surface area contributed by atoms with Gasteiger partial charge < -0.3 is 27.1 Å². The maximum atomic E-state index is 11.7. The monoisotopic (exact) mass is 282 g/mol. The van der Waals surface area contributed by atoms with Gasteiger partial charge in [-0.3, -0.25) is 4.79 Å². The van der Waals surface area contributed by atoms with E-state index in [2.05, 4.69) is 20.6 Å². The Morgan fingerprint density at radius 3 is 2.80 bits per heavy atom. The summed E-state index contributed by atoms with van der Waals surface area (Å²) in [6.45, 7) is 3.25. The molecule has 0 aliphatic carbocycles. The van der Waals surface area contributed by atoms with Gasteiger partial charge in [-0.05, 0) is 38.9 Å². The molecule has 1 aromatic rings. The Labute approximate surface area is 119 Å². The summed E-state index contributed by atoms with van der Waals surface area (Å²) in [4.78, 5) is 18.6. The normalized spacial score (nSPS) is 12.3. The van der Waals surface area contributed by atoms with Crippen LogP contribution in [0.25, 0.3) is 0 Å². The third-order valence-corrected chi connectivity index (χ3v) is 2.97. The average Bonchev–Trinajstić information content (AvgIpc) is 2.94. The molecule has 1 atom stereocenters. The van der Waals surface area contributed by atoms with Crippen molar-refractivity contribution < 1.29 is 4.79 Å². The molecule has 0 bridgehead atoms. The van der Waals surface area contributed by atoms with Gasteiger partial charge in [-0.15, -0.1) is 0 Å². The number of imidazole rings is 1. The molecular formula is C13H26N6O. The van der Waals surface area contributed by atoms with E-state index in [9.17, 15) is 4.79 Å². The van der Waals surface area contributed by atoms with Gasteiger partial charge in [0.05, 0.1) is 12.4 Å². The molecule has 20 heavy (non-hydrogen) atoms. The van der Waals surface area contributed by atoms with Gasteiger partial charge in [0.25, 0.3) is 0 Å². The van der Waals surface area contributed by atoms with Crippen molar-refractivity contribution in [2.45, 2.75) is 31.7 Å². The van der Waals surface area contributed by atoms with Gasteiger partial charge >= 0.3 is 0 Å². The summed E-state index contributed by atoms with van der Waals surface area (Å²) in [5.74, 6) is -0.122. The quantitative estimate of drug-likeness (QED) is 0.337. The van der Waals surface area contributed by atoms with E-state index >= 15 is 0 Å². The fourth-order valence-electron chi connectivity index (χ4n) is 1.80. The Hall–Kier alpha value is -1.44. The Bertz CT molecular complexity index is 354. The van der Waals surface area contributed by atoms with Crippen LogP contribution in [-0.4, -0.2) is 48.1 Å². The summed E-state index contributed by atoms with van der Waals surface area (Å²) in [6, 6.07) is -0.534. The largest absolute Gasteiger partial charge is 0.355 e. The number of amides is 1. The van der Waals surface area contributed by atoms with Crippen LogP contribution < -0.4 is 22.1 Å². The van der Waals surface area contributed by atoms with Crippen LogP contribution in [0.4, 0.5) is 0 Å². The highest BCUT2D eigenvalue weighted by atomic mass is 16.2. The first kappa shape index (κ1) is 16.6. The SMILES string of the molecule is NCCCCNCCCNC(=O)[C@@H](N)Cc1cnc[nH]1. The number of nitrogens with two attached hydrogens (primary N) is 2. The molecule has 0 aliphatic rings. The number of unbranched alkanes of at least 4 members (excludes halogenated alkanes) is 1. The number of carbonyl (C=O) groups is 1. The maximum absolute atomic E-state index is 11.7. The summed E-state index contributed by atoms with van der Waals surface area (Å²) in [5.41, 5.74) is 12.1. The third kappa shape index (κ3) is 7.22. The molecule has 1 aromatic heterocycles. The number of rotatable bonds is 11. The van der Waals surface area contributed by atoms with Crippen LogP contribution in [0.1, 0.15) is 25.0 Å². The second-order valence-corrected chi connectivity index (χ2v) is 4.78. The minimum Gasteiger partial charge on any atom is -0.355 e. The molecule has 0 saturated heterocycles. The topological polar surface area (TPSA) is 122 Å². The van der Waals surface area contributed by atoms with E-state index in [-0.39, 0.29) is 5.91 Å². The van der Waals surface area contributed by atoms with Crippen LogP contribution in [-0.2, 0) is 11.2 Å². The van der Waals surface area contributed by atoms with Crippen molar-refractivity contribution in [2.24, 2.45) is 11.5 Å². The second-order valence-electron chi connectivity index (χ2n) is 4.78. The molecule has 7 N–H and O–H groups in total. The zero-order valence-electron chi connectivity index (χ0n) is 11.9. The number of hydrogen-bond donors (Lipinski definition) is 5. The molecule has 0 unspecified atom stereocenters. The minimum absolute atomic E-state index is 0.122. The number of aromatic nitrogens is 2. The highest BCUT2D eigenvalue weighted by Gasteiger charge is 2.13. The Morgan fingerprint density at radius 2 is 2.10 bits per heavy atom. The second kappa shape index (κ2) is 10.4. The molecule has 0 fully saturated rings. The van der Waals surface area contributed by atoms with Crippen molar-refractivity contribution in [3.63, 3.8) is 0 Å². The van der Waals surface area contributed by atoms with E-state index in [0.29, 0.717) is 13.0 Å². The summed E-state index contributed by atoms with van der Waals surface area (Å²) in [5, 5.41) is 6.15. The van der Waals surface area contributed by atoms with Crippen LogP contribution in [0, 0.1) is 0 Å². The van der Waals surface area contributed by atoms with Gasteiger partial charge in [0.15, 0.2) is 0 Å². The highest BCUT2D eigenvalue weighted by Crippen LogP contribution is 1.96. The zero-order valence-corrected chi connectivity index (χ0v) is 11.9. The van der Waals surface area contributed by atoms with Gasteiger partial charge in [0, 0.05) is 24.9 Å². The smallest absolute Gasteiger partial charge is 0.237 e. The maximum Gasteiger partial charge on any atom is 0.237 e. The zero-order chi connectivity index (χ0) is 14.6. The number of nitrogens with one attached hydrogen (secondary N) is 3. The van der Waals surface area contributed by atoms with E-state index in [0.717, 1.165) is 44.6 Å². The van der Waals surface area contributed by atoms with Crippen molar-refractivity contribution in [1.82, 2.24) is 20.6 Å². The van der Waals surface area contributed by atoms with Crippen LogP contribution in [0.2, 0.25) is 0 Å². The van der Waals surface area contributed by atoms with E-state index in [1.807, 2.05) is 0 Å². The molecule has 0 aromatic carbocycles. The first-order chi connectivity index (χ1) is 9.74. The summed E-state index contributed by atoms with van der Waals surface area (Å²) in [6.07, 6.45) is 6.77. The van der Waals surface area contributed by atoms with E-state index < -0.39 is 6.04 Å². The van der Waals surface area contributed by atoms with E-state index in [1.165, 1.54) is 0 Å². The summed E-state index contributed by atoms with van der Waals surface area (Å²) in [7, 11) is 0. The lowest BCUT2D eigenvalue weighted by Gasteiger charge is -2.11. The minimum atomic E-state index is -0.534. The fraction of sp³-hybridized carbons (Fsp3) is 0.692. The number of carbonyl (C=O) groups excluding carboxylic acids is 1. The molecule has 0 saturated carbocycles. The molecule has 0 aliphatic heterocycles. The molecule has 1 rings (SSSR count). The van der Waals surface area contributed by atoms with Crippen LogP contribution >= 0.6 is 0 Å². The average molecular weight is 282 g/mol. The Balaban J connectivity index is 1.99. The fourth-order valence-corrected chi connectivity index (χ4v) is 1.80. The van der Waals surface area contributed by atoms with Gasteiger partial charge in [-0.25, -0.2) is 4.98 Å². The standard InChI is InChI=1S/C13H26N6O/c14-4-1-2-5-16-6-3-7-18-13(20)12(15)8-11-9-17-10-19-11/h9-10,12,16H,1-8,14-15H2,(H,17,19)(H,18,20)/t12-/m0/s1. The first-order valence-corrected chi connectivity index (χ1v) is 7.15. The number of H-pyrrole nitrogens is 1. The highest BCUT2D eigenvalue weighted by molar-refractivity contribution is 5.81. The molecule has 0 radical (unpaired) electrons. The number of aromatic amines is 1. The molecule has 1 amide bonds. The Kier molecular flexibility index (Phi) is 8.61. The summed E-state index contributed by atoms with van der Waals surface area (Å²) < 4.78 is 0. The molecule has 7 nitrogen and oxygen atoms in total. The van der Waals surface area contributed by atoms with Crippen LogP contribution in [0.3, 0.4) is 0 Å². The predicted octanol–water partition coefficient (Wildman–Crippen LogP) is -0.886. The van der Waals surface area contributed by atoms with Crippen molar-refractivity contribution in [3.8, 4) is 0 Å². The van der Waals surface area contributed by atoms with Crippen LogP contribution in [0.5, 0.6) is 0 Å². The van der Waals surface area contributed by atoms with Crippen molar-refractivity contribution in [3.05, 3.63) is 18.2 Å². The summed E-state index contributed by atoms with van der Waals surface area (Å²) >= 11 is 0. The lowest BCUT2D eigenvalue weighted by atomic mass is 10.1. The van der Waals surface area contributed by atoms with E-state index in [4.69, 9.17) is 11.5 Å².